The summed E-state index contributed by atoms with van der Waals surface area (Å²) in [6.07, 6.45) is 0. The van der Waals surface area contributed by atoms with E-state index < -0.39 is 23.9 Å². The summed E-state index contributed by atoms with van der Waals surface area (Å²) in [5.41, 5.74) is 3.17. The number of rotatable bonds is 4. The average Bonchev–Trinajstić information content (AvgIpc) is 3.43. The van der Waals surface area contributed by atoms with Crippen molar-refractivity contribution in [1.29, 1.82) is 0 Å². The van der Waals surface area contributed by atoms with Crippen LogP contribution in [0.4, 0.5) is 5.69 Å². The summed E-state index contributed by atoms with van der Waals surface area (Å²) in [7, 11) is 0. The number of hydrogen-bond acceptors (Lipinski definition) is 8. The highest BCUT2D eigenvalue weighted by atomic mass is 35.5. The molecule has 2 aromatic carbocycles. The van der Waals surface area contributed by atoms with Crippen molar-refractivity contribution in [3.05, 3.63) is 64.5 Å². The summed E-state index contributed by atoms with van der Waals surface area (Å²) in [5.74, 6) is -0.144. The second-order valence-corrected chi connectivity index (χ2v) is 7.93. The zero-order chi connectivity index (χ0) is 21.7. The highest BCUT2D eigenvalue weighted by molar-refractivity contribution is 6.32. The normalized spacial score (nSPS) is 20.1. The van der Waals surface area contributed by atoms with Crippen LogP contribution >= 0.6 is 11.6 Å². The molecule has 3 heterocycles. The van der Waals surface area contributed by atoms with Crippen molar-refractivity contribution in [3.63, 3.8) is 0 Å². The first kappa shape index (κ1) is 19.4. The van der Waals surface area contributed by atoms with Gasteiger partial charge in [-0.15, -0.1) is 0 Å². The maximum absolute atomic E-state index is 13.1. The molecule has 31 heavy (non-hydrogen) atoms. The lowest BCUT2D eigenvalue weighted by Crippen LogP contribution is -2.39. The van der Waals surface area contributed by atoms with Crippen LogP contribution in [0.15, 0.2) is 57.3 Å². The molecule has 2 amide bonds. The molecule has 2 aliphatic rings. The van der Waals surface area contributed by atoms with Gasteiger partial charge in [0.15, 0.2) is 12.1 Å². The topological polar surface area (TPSA) is 104 Å². The first-order chi connectivity index (χ1) is 14.9. The van der Waals surface area contributed by atoms with E-state index in [2.05, 4.69) is 20.5 Å². The molecule has 0 saturated carbocycles. The number of anilines is 1. The van der Waals surface area contributed by atoms with Gasteiger partial charge in [0, 0.05) is 10.6 Å². The standard InChI is InChI=1S/C21H17ClN6O3/c1-11-4-3-5-13(8-11)19-23-16(31-25-19)10-27-18-17(24-26-27)20(29)28(21(18)30)14-7-6-12(2)15(22)9-14/h3-9,17-18H,10H2,1-2H3/t17-,18-/m1/s1. The molecule has 10 heteroatoms. The van der Waals surface area contributed by atoms with E-state index in [-0.39, 0.29) is 12.4 Å². The van der Waals surface area contributed by atoms with Crippen LogP contribution in [0.25, 0.3) is 11.4 Å². The van der Waals surface area contributed by atoms with E-state index in [9.17, 15) is 9.59 Å². The summed E-state index contributed by atoms with van der Waals surface area (Å²) in [6, 6.07) is 11.0. The van der Waals surface area contributed by atoms with Crippen LogP contribution in [-0.4, -0.2) is 39.0 Å². The van der Waals surface area contributed by atoms with Gasteiger partial charge >= 0.3 is 0 Å². The fraction of sp³-hybridized carbons (Fsp3) is 0.238. The van der Waals surface area contributed by atoms with E-state index in [1.165, 1.54) is 5.01 Å². The van der Waals surface area contributed by atoms with Gasteiger partial charge in [-0.2, -0.15) is 10.1 Å². The first-order valence-corrected chi connectivity index (χ1v) is 10.0. The molecule has 2 aliphatic heterocycles. The molecule has 9 nitrogen and oxygen atoms in total. The molecule has 1 aromatic heterocycles. The fourth-order valence-electron chi connectivity index (χ4n) is 3.69. The number of carbonyl (C=O) groups is 2. The maximum Gasteiger partial charge on any atom is 0.263 e. The molecule has 1 saturated heterocycles. The van der Waals surface area contributed by atoms with Crippen molar-refractivity contribution < 1.29 is 14.1 Å². The highest BCUT2D eigenvalue weighted by Crippen LogP contribution is 2.34. The fourth-order valence-corrected chi connectivity index (χ4v) is 3.86. The Morgan fingerprint density at radius 1 is 1.10 bits per heavy atom. The van der Waals surface area contributed by atoms with Gasteiger partial charge in [-0.3, -0.25) is 14.6 Å². The molecular formula is C21H17ClN6O3. The zero-order valence-electron chi connectivity index (χ0n) is 16.7. The zero-order valence-corrected chi connectivity index (χ0v) is 17.4. The molecule has 0 unspecified atom stereocenters. The number of amides is 2. The Hall–Kier alpha value is -3.59. The van der Waals surface area contributed by atoms with Crippen LogP contribution in [0.5, 0.6) is 0 Å². The Kier molecular flexibility index (Phi) is 4.55. The second kappa shape index (κ2) is 7.28. The Labute approximate surface area is 182 Å². The van der Waals surface area contributed by atoms with Crippen molar-refractivity contribution in [3.8, 4) is 11.4 Å². The lowest BCUT2D eigenvalue weighted by atomic mass is 10.1. The van der Waals surface area contributed by atoms with E-state index in [4.69, 9.17) is 16.1 Å². The Morgan fingerprint density at radius 2 is 1.94 bits per heavy atom. The number of aryl methyl sites for hydroxylation is 2. The minimum Gasteiger partial charge on any atom is -0.337 e. The van der Waals surface area contributed by atoms with E-state index in [1.807, 2.05) is 38.1 Å². The summed E-state index contributed by atoms with van der Waals surface area (Å²) in [4.78, 5) is 31.4. The summed E-state index contributed by atoms with van der Waals surface area (Å²) in [5, 5.41) is 13.9. The van der Waals surface area contributed by atoms with Crippen LogP contribution in [0.2, 0.25) is 5.02 Å². The molecule has 0 N–H and O–H groups in total. The van der Waals surface area contributed by atoms with Gasteiger partial charge in [-0.1, -0.05) is 51.8 Å². The minimum atomic E-state index is -0.910. The van der Waals surface area contributed by atoms with Gasteiger partial charge in [-0.05, 0) is 37.6 Å². The van der Waals surface area contributed by atoms with Gasteiger partial charge in [0.25, 0.3) is 11.8 Å². The SMILES string of the molecule is Cc1cccc(-c2noc(CN3N=N[C@H]4C(=O)N(c5ccc(C)c(Cl)c5)C(=O)[C@@H]43)n2)c1. The highest BCUT2D eigenvalue weighted by Gasteiger charge is 2.55. The number of aromatic nitrogens is 2. The van der Waals surface area contributed by atoms with Crippen molar-refractivity contribution >= 4 is 29.1 Å². The number of carbonyl (C=O) groups excluding carboxylic acids is 2. The van der Waals surface area contributed by atoms with E-state index >= 15 is 0 Å². The monoisotopic (exact) mass is 436 g/mol. The average molecular weight is 437 g/mol. The molecule has 1 fully saturated rings. The molecule has 0 radical (unpaired) electrons. The lowest BCUT2D eigenvalue weighted by Gasteiger charge is -2.19. The third-order valence-corrected chi connectivity index (χ3v) is 5.72. The summed E-state index contributed by atoms with van der Waals surface area (Å²) in [6.45, 7) is 3.88. The molecule has 3 aromatic rings. The van der Waals surface area contributed by atoms with Gasteiger partial charge in [-0.25, -0.2) is 4.90 Å². The van der Waals surface area contributed by atoms with Gasteiger partial charge < -0.3 is 4.52 Å². The number of benzene rings is 2. The predicted molar refractivity (Wildman–Crippen MR) is 111 cm³/mol. The van der Waals surface area contributed by atoms with Crippen LogP contribution in [0, 0.1) is 13.8 Å². The number of hydrogen-bond donors (Lipinski definition) is 0. The van der Waals surface area contributed by atoms with E-state index in [1.54, 1.807) is 18.2 Å². The van der Waals surface area contributed by atoms with E-state index in [0.29, 0.717) is 16.5 Å². The van der Waals surface area contributed by atoms with Crippen LogP contribution in [0.1, 0.15) is 17.0 Å². The van der Waals surface area contributed by atoms with Crippen LogP contribution < -0.4 is 4.90 Å². The van der Waals surface area contributed by atoms with Gasteiger partial charge in [0.1, 0.15) is 6.54 Å². The molecule has 5 rings (SSSR count). The smallest absolute Gasteiger partial charge is 0.263 e. The molecule has 0 spiro atoms. The largest absolute Gasteiger partial charge is 0.337 e. The minimum absolute atomic E-state index is 0.0605. The lowest BCUT2D eigenvalue weighted by molar-refractivity contribution is -0.123. The molecular weight excluding hydrogens is 420 g/mol. The van der Waals surface area contributed by atoms with Crippen molar-refractivity contribution in [2.24, 2.45) is 10.3 Å². The second-order valence-electron chi connectivity index (χ2n) is 7.52. The molecule has 156 valence electrons. The van der Waals surface area contributed by atoms with Crippen LogP contribution in [0.3, 0.4) is 0 Å². The predicted octanol–water partition coefficient (Wildman–Crippen LogP) is 3.50. The van der Waals surface area contributed by atoms with Crippen molar-refractivity contribution in [1.82, 2.24) is 15.1 Å². The maximum atomic E-state index is 13.1. The Bertz CT molecular complexity index is 1240. The quantitative estimate of drug-likeness (QED) is 0.580. The Morgan fingerprint density at radius 3 is 2.71 bits per heavy atom. The van der Waals surface area contributed by atoms with Gasteiger partial charge in [0.05, 0.1) is 5.69 Å². The van der Waals surface area contributed by atoms with Gasteiger partial charge in [0.2, 0.25) is 11.7 Å². The first-order valence-electron chi connectivity index (χ1n) is 9.63. The Balaban J connectivity index is 1.37. The number of imide groups is 1. The van der Waals surface area contributed by atoms with Crippen molar-refractivity contribution in [2.75, 3.05) is 4.90 Å². The summed E-state index contributed by atoms with van der Waals surface area (Å²) >= 11 is 6.18. The van der Waals surface area contributed by atoms with Crippen molar-refractivity contribution in [2.45, 2.75) is 32.5 Å². The van der Waals surface area contributed by atoms with E-state index in [0.717, 1.165) is 21.6 Å². The number of fused-ring (bicyclic) bond motifs is 1. The molecule has 0 aliphatic carbocycles. The number of halogens is 1. The third-order valence-electron chi connectivity index (χ3n) is 5.31. The third kappa shape index (κ3) is 3.27. The molecule has 2 atom stereocenters. The number of nitrogens with zero attached hydrogens (tertiary/aromatic N) is 6. The summed E-state index contributed by atoms with van der Waals surface area (Å²) < 4.78 is 5.34. The molecule has 0 bridgehead atoms. The van der Waals surface area contributed by atoms with Crippen LogP contribution in [-0.2, 0) is 16.1 Å².